The molecule has 0 bridgehead atoms. The normalized spacial score (nSPS) is 18.8. The van der Waals surface area contributed by atoms with Gasteiger partial charge in [0.25, 0.3) is 0 Å². The van der Waals surface area contributed by atoms with Crippen molar-refractivity contribution in [3.63, 3.8) is 0 Å². The lowest BCUT2D eigenvalue weighted by molar-refractivity contribution is 0.288. The Hall–Kier alpha value is -0.170. The van der Waals surface area contributed by atoms with E-state index in [1.54, 1.807) is 0 Å². The molecule has 6 heteroatoms. The number of hydrogen-bond acceptors (Lipinski definition) is 4. The summed E-state index contributed by atoms with van der Waals surface area (Å²) in [7, 11) is -3.12. The fourth-order valence-corrected chi connectivity index (χ4v) is 3.42. The van der Waals surface area contributed by atoms with E-state index in [-0.39, 0.29) is 5.75 Å². The van der Waals surface area contributed by atoms with Gasteiger partial charge in [0.05, 0.1) is 5.75 Å². The SMILES string of the molecule is CCCNCCS(=O)(=O)NCC(C)CN1CCCC1. The van der Waals surface area contributed by atoms with Crippen LogP contribution in [0.15, 0.2) is 0 Å². The van der Waals surface area contributed by atoms with Crippen molar-refractivity contribution < 1.29 is 8.42 Å². The van der Waals surface area contributed by atoms with Crippen molar-refractivity contribution in [1.29, 1.82) is 0 Å². The molecule has 1 heterocycles. The average molecular weight is 291 g/mol. The van der Waals surface area contributed by atoms with Crippen molar-refractivity contribution in [3.8, 4) is 0 Å². The van der Waals surface area contributed by atoms with Crippen molar-refractivity contribution in [2.75, 3.05) is 45.0 Å². The topological polar surface area (TPSA) is 61.4 Å². The molecule has 19 heavy (non-hydrogen) atoms. The van der Waals surface area contributed by atoms with E-state index in [2.05, 4.69) is 28.8 Å². The zero-order valence-electron chi connectivity index (χ0n) is 12.3. The molecule has 0 spiro atoms. The van der Waals surface area contributed by atoms with Gasteiger partial charge in [-0.15, -0.1) is 0 Å². The number of likely N-dealkylation sites (tertiary alicyclic amines) is 1. The molecule has 1 saturated heterocycles. The second-order valence-corrected chi connectivity index (χ2v) is 7.46. The summed E-state index contributed by atoms with van der Waals surface area (Å²) in [6.45, 7) is 9.46. The summed E-state index contributed by atoms with van der Waals surface area (Å²) in [6.07, 6.45) is 3.59. The second kappa shape index (κ2) is 8.89. The molecule has 114 valence electrons. The van der Waals surface area contributed by atoms with Gasteiger partial charge in [-0.3, -0.25) is 0 Å². The summed E-state index contributed by atoms with van der Waals surface area (Å²) >= 11 is 0. The van der Waals surface area contributed by atoms with Gasteiger partial charge in [-0.2, -0.15) is 0 Å². The fraction of sp³-hybridized carbons (Fsp3) is 1.00. The van der Waals surface area contributed by atoms with E-state index in [0.717, 1.165) is 32.6 Å². The van der Waals surface area contributed by atoms with Crippen LogP contribution in [0.3, 0.4) is 0 Å². The lowest BCUT2D eigenvalue weighted by Crippen LogP contribution is -2.37. The Kier molecular flexibility index (Phi) is 7.90. The Morgan fingerprint density at radius 1 is 1.21 bits per heavy atom. The first-order valence-electron chi connectivity index (χ1n) is 7.44. The Morgan fingerprint density at radius 2 is 1.89 bits per heavy atom. The van der Waals surface area contributed by atoms with Crippen LogP contribution in [0.5, 0.6) is 0 Å². The summed E-state index contributed by atoms with van der Waals surface area (Å²) in [4.78, 5) is 2.42. The molecule has 1 rings (SSSR count). The largest absolute Gasteiger partial charge is 0.316 e. The van der Waals surface area contributed by atoms with Crippen LogP contribution in [0.1, 0.15) is 33.1 Å². The van der Waals surface area contributed by atoms with Gasteiger partial charge >= 0.3 is 0 Å². The van der Waals surface area contributed by atoms with E-state index in [4.69, 9.17) is 0 Å². The highest BCUT2D eigenvalue weighted by molar-refractivity contribution is 7.89. The molecule has 0 saturated carbocycles. The molecule has 5 nitrogen and oxygen atoms in total. The molecular weight excluding hydrogens is 262 g/mol. The van der Waals surface area contributed by atoms with E-state index < -0.39 is 10.0 Å². The Labute approximate surface area is 118 Å². The van der Waals surface area contributed by atoms with E-state index in [9.17, 15) is 8.42 Å². The highest BCUT2D eigenvalue weighted by atomic mass is 32.2. The third-order valence-corrected chi connectivity index (χ3v) is 4.74. The Bertz CT molecular complexity index is 327. The third-order valence-electron chi connectivity index (χ3n) is 3.39. The quantitative estimate of drug-likeness (QED) is 0.580. The predicted octanol–water partition coefficient (Wildman–Crippen LogP) is 0.637. The van der Waals surface area contributed by atoms with Crippen LogP contribution in [-0.4, -0.2) is 58.3 Å². The summed E-state index contributed by atoms with van der Waals surface area (Å²) in [6, 6.07) is 0. The molecule has 1 aliphatic heterocycles. The molecule has 1 aliphatic rings. The fourth-order valence-electron chi connectivity index (χ4n) is 2.32. The Balaban J connectivity index is 2.14. The van der Waals surface area contributed by atoms with Gasteiger partial charge < -0.3 is 10.2 Å². The van der Waals surface area contributed by atoms with Crippen molar-refractivity contribution in [3.05, 3.63) is 0 Å². The zero-order valence-corrected chi connectivity index (χ0v) is 13.1. The van der Waals surface area contributed by atoms with E-state index in [0.29, 0.717) is 19.0 Å². The molecule has 1 unspecified atom stereocenters. The molecule has 2 N–H and O–H groups in total. The minimum Gasteiger partial charge on any atom is -0.316 e. The maximum absolute atomic E-state index is 11.8. The number of nitrogens with one attached hydrogen (secondary N) is 2. The van der Waals surface area contributed by atoms with Gasteiger partial charge in [-0.05, 0) is 44.8 Å². The Morgan fingerprint density at radius 3 is 2.53 bits per heavy atom. The van der Waals surface area contributed by atoms with Crippen molar-refractivity contribution in [2.45, 2.75) is 33.1 Å². The summed E-state index contributed by atoms with van der Waals surface area (Å²) in [5, 5.41) is 3.11. The molecule has 0 radical (unpaired) electrons. The van der Waals surface area contributed by atoms with E-state index >= 15 is 0 Å². The molecule has 1 fully saturated rings. The smallest absolute Gasteiger partial charge is 0.212 e. The first-order valence-corrected chi connectivity index (χ1v) is 9.09. The highest BCUT2D eigenvalue weighted by Crippen LogP contribution is 2.09. The number of rotatable bonds is 10. The minimum absolute atomic E-state index is 0.170. The molecule has 0 aromatic carbocycles. The first-order chi connectivity index (χ1) is 9.03. The van der Waals surface area contributed by atoms with Gasteiger partial charge in [-0.25, -0.2) is 13.1 Å². The minimum atomic E-state index is -3.12. The van der Waals surface area contributed by atoms with Crippen molar-refractivity contribution in [1.82, 2.24) is 14.9 Å². The van der Waals surface area contributed by atoms with Crippen LogP contribution in [0.2, 0.25) is 0 Å². The maximum atomic E-state index is 11.8. The maximum Gasteiger partial charge on any atom is 0.212 e. The van der Waals surface area contributed by atoms with Crippen LogP contribution in [-0.2, 0) is 10.0 Å². The molecule has 0 aliphatic carbocycles. The average Bonchev–Trinajstić information content (AvgIpc) is 2.85. The molecule has 0 aromatic heterocycles. The van der Waals surface area contributed by atoms with Gasteiger partial charge in [0.1, 0.15) is 0 Å². The standard InChI is InChI=1S/C13H29N3O2S/c1-3-6-14-7-10-19(17,18)15-11-13(2)12-16-8-4-5-9-16/h13-15H,3-12H2,1-2H3. The van der Waals surface area contributed by atoms with Crippen LogP contribution in [0, 0.1) is 5.92 Å². The van der Waals surface area contributed by atoms with E-state index in [1.807, 2.05) is 0 Å². The van der Waals surface area contributed by atoms with Gasteiger partial charge in [0.15, 0.2) is 0 Å². The number of sulfonamides is 1. The van der Waals surface area contributed by atoms with Gasteiger partial charge in [0.2, 0.25) is 10.0 Å². The lowest BCUT2D eigenvalue weighted by Gasteiger charge is -2.20. The summed E-state index contributed by atoms with van der Waals surface area (Å²) in [5.41, 5.74) is 0. The van der Waals surface area contributed by atoms with Crippen LogP contribution >= 0.6 is 0 Å². The predicted molar refractivity (Wildman–Crippen MR) is 79.8 cm³/mol. The molecule has 0 aromatic rings. The number of hydrogen-bond donors (Lipinski definition) is 2. The van der Waals surface area contributed by atoms with Crippen LogP contribution in [0.4, 0.5) is 0 Å². The molecule has 0 amide bonds. The lowest BCUT2D eigenvalue weighted by atomic mass is 10.2. The zero-order chi connectivity index (χ0) is 14.1. The van der Waals surface area contributed by atoms with Crippen molar-refractivity contribution >= 4 is 10.0 Å². The van der Waals surface area contributed by atoms with Gasteiger partial charge in [-0.1, -0.05) is 13.8 Å². The molecule has 1 atom stereocenters. The second-order valence-electron chi connectivity index (χ2n) is 5.53. The van der Waals surface area contributed by atoms with Gasteiger partial charge in [0, 0.05) is 19.6 Å². The van der Waals surface area contributed by atoms with Crippen LogP contribution < -0.4 is 10.0 Å². The first kappa shape index (κ1) is 16.9. The summed E-state index contributed by atoms with van der Waals surface area (Å²) < 4.78 is 26.3. The number of nitrogens with zero attached hydrogens (tertiary/aromatic N) is 1. The third kappa shape index (κ3) is 7.87. The van der Waals surface area contributed by atoms with Crippen molar-refractivity contribution in [2.24, 2.45) is 5.92 Å². The molecular formula is C13H29N3O2S. The highest BCUT2D eigenvalue weighted by Gasteiger charge is 2.16. The summed E-state index contributed by atoms with van der Waals surface area (Å²) in [5.74, 6) is 0.542. The van der Waals surface area contributed by atoms with E-state index in [1.165, 1.54) is 12.8 Å². The van der Waals surface area contributed by atoms with Crippen LogP contribution in [0.25, 0.3) is 0 Å². The monoisotopic (exact) mass is 291 g/mol.